The molecule has 0 aliphatic carbocycles. The van der Waals surface area contributed by atoms with E-state index < -0.39 is 9.28 Å². The topological polar surface area (TPSA) is 18.5 Å². The van der Waals surface area contributed by atoms with E-state index in [0.29, 0.717) is 11.5 Å². The van der Waals surface area contributed by atoms with Crippen LogP contribution in [0.3, 0.4) is 0 Å². The van der Waals surface area contributed by atoms with Crippen molar-refractivity contribution in [1.82, 2.24) is 0 Å². The van der Waals surface area contributed by atoms with E-state index in [1.54, 1.807) is 14.2 Å². The molecule has 0 radical (unpaired) electrons. The van der Waals surface area contributed by atoms with Crippen molar-refractivity contribution in [2.75, 3.05) is 14.2 Å². The van der Waals surface area contributed by atoms with Crippen molar-refractivity contribution < 1.29 is 8.85 Å². The molecular weight excluding hydrogens is 168 g/mol. The van der Waals surface area contributed by atoms with E-state index in [1.165, 1.54) is 12.8 Å². The van der Waals surface area contributed by atoms with Crippen LogP contribution in [0, 0.1) is 5.92 Å². The fourth-order valence-electron chi connectivity index (χ4n) is 1.56. The lowest BCUT2D eigenvalue weighted by atomic mass is 10.1. The lowest BCUT2D eigenvalue weighted by Gasteiger charge is -2.25. The summed E-state index contributed by atoms with van der Waals surface area (Å²) in [5, 5.41) is 0. The Bertz CT molecular complexity index is 103. The third-order valence-corrected chi connectivity index (χ3v) is 5.02. The van der Waals surface area contributed by atoms with Crippen molar-refractivity contribution in [3.63, 3.8) is 0 Å². The van der Waals surface area contributed by atoms with Crippen molar-refractivity contribution >= 4 is 9.28 Å². The van der Waals surface area contributed by atoms with Crippen molar-refractivity contribution in [1.29, 1.82) is 0 Å². The van der Waals surface area contributed by atoms with E-state index in [-0.39, 0.29) is 0 Å². The summed E-state index contributed by atoms with van der Waals surface area (Å²) in [4.78, 5) is 0. The Hall–Kier alpha value is 0.137. The summed E-state index contributed by atoms with van der Waals surface area (Å²) >= 11 is 0. The molecule has 1 unspecified atom stereocenters. The Morgan fingerprint density at radius 2 is 1.67 bits per heavy atom. The summed E-state index contributed by atoms with van der Waals surface area (Å²) in [6.07, 6.45) is 2.45. The highest BCUT2D eigenvalue weighted by Crippen LogP contribution is 2.27. The van der Waals surface area contributed by atoms with Crippen LogP contribution in [-0.2, 0) is 8.85 Å². The Kier molecular flexibility index (Phi) is 6.71. The maximum absolute atomic E-state index is 5.39. The van der Waals surface area contributed by atoms with Crippen LogP contribution in [0.2, 0.25) is 5.54 Å². The zero-order valence-electron chi connectivity index (χ0n) is 8.96. The first-order chi connectivity index (χ1) is 5.67. The molecule has 0 saturated carbocycles. The van der Waals surface area contributed by atoms with Gasteiger partial charge >= 0.3 is 9.28 Å². The summed E-state index contributed by atoms with van der Waals surface area (Å²) in [5.74, 6) is 0.682. The largest absolute Gasteiger partial charge is 0.400 e. The maximum Gasteiger partial charge on any atom is 0.324 e. The van der Waals surface area contributed by atoms with Gasteiger partial charge in [0.2, 0.25) is 0 Å². The fourth-order valence-corrected chi connectivity index (χ4v) is 3.69. The number of hydrogen-bond acceptors (Lipinski definition) is 2. The quantitative estimate of drug-likeness (QED) is 0.599. The second-order valence-corrected chi connectivity index (χ2v) is 6.07. The van der Waals surface area contributed by atoms with Gasteiger partial charge < -0.3 is 8.85 Å². The summed E-state index contributed by atoms with van der Waals surface area (Å²) in [7, 11) is 2.16. The molecule has 3 heteroatoms. The summed E-state index contributed by atoms with van der Waals surface area (Å²) in [5.41, 5.74) is 0.657. The van der Waals surface area contributed by atoms with Crippen LogP contribution in [0.1, 0.15) is 33.6 Å². The SMILES string of the molecule is CCCC(C(C)C)[SiH](OC)OC. The Morgan fingerprint density at radius 1 is 1.17 bits per heavy atom. The van der Waals surface area contributed by atoms with E-state index in [4.69, 9.17) is 8.85 Å². The highest BCUT2D eigenvalue weighted by Gasteiger charge is 2.26. The predicted octanol–water partition coefficient (Wildman–Crippen LogP) is 2.33. The van der Waals surface area contributed by atoms with Gasteiger partial charge in [-0.05, 0) is 12.3 Å². The van der Waals surface area contributed by atoms with Crippen molar-refractivity contribution in [3.05, 3.63) is 0 Å². The second-order valence-electron chi connectivity index (χ2n) is 3.54. The first-order valence-electron chi connectivity index (χ1n) is 4.72. The summed E-state index contributed by atoms with van der Waals surface area (Å²) in [6.45, 7) is 6.71. The van der Waals surface area contributed by atoms with Crippen molar-refractivity contribution in [2.24, 2.45) is 5.92 Å². The first kappa shape index (κ1) is 12.1. The van der Waals surface area contributed by atoms with Crippen LogP contribution in [-0.4, -0.2) is 23.5 Å². The monoisotopic (exact) mass is 190 g/mol. The molecule has 0 heterocycles. The molecule has 0 aromatic carbocycles. The lowest BCUT2D eigenvalue weighted by molar-refractivity contribution is 0.250. The van der Waals surface area contributed by atoms with E-state index in [1.807, 2.05) is 0 Å². The average Bonchev–Trinajstić information content (AvgIpc) is 2.05. The standard InChI is InChI=1S/C9H22O2Si/c1-6-7-9(8(2)3)12(10-4)11-5/h8-9,12H,6-7H2,1-5H3. The second kappa shape index (κ2) is 6.63. The molecule has 0 rings (SSSR count). The first-order valence-corrected chi connectivity index (χ1v) is 6.33. The van der Waals surface area contributed by atoms with E-state index in [2.05, 4.69) is 20.8 Å². The van der Waals surface area contributed by atoms with Gasteiger partial charge in [-0.25, -0.2) is 0 Å². The zero-order chi connectivity index (χ0) is 9.56. The van der Waals surface area contributed by atoms with Gasteiger partial charge in [0.05, 0.1) is 0 Å². The van der Waals surface area contributed by atoms with Crippen LogP contribution >= 0.6 is 0 Å². The molecule has 2 nitrogen and oxygen atoms in total. The smallest absolute Gasteiger partial charge is 0.324 e. The van der Waals surface area contributed by atoms with E-state index in [9.17, 15) is 0 Å². The van der Waals surface area contributed by atoms with Crippen molar-refractivity contribution in [2.45, 2.75) is 39.2 Å². The Labute approximate surface area is 78.1 Å². The maximum atomic E-state index is 5.39. The molecule has 0 spiro atoms. The number of hydrogen-bond donors (Lipinski definition) is 0. The van der Waals surface area contributed by atoms with Crippen LogP contribution < -0.4 is 0 Å². The zero-order valence-corrected chi connectivity index (χ0v) is 10.1. The molecule has 74 valence electrons. The minimum absolute atomic E-state index is 0.657. The fraction of sp³-hybridized carbons (Fsp3) is 1.00. The molecule has 0 fully saturated rings. The molecule has 0 N–H and O–H groups in total. The normalized spacial score (nSPS) is 14.2. The molecule has 12 heavy (non-hydrogen) atoms. The van der Waals surface area contributed by atoms with Gasteiger partial charge in [-0.2, -0.15) is 0 Å². The van der Waals surface area contributed by atoms with E-state index >= 15 is 0 Å². The minimum atomic E-state index is -1.38. The Morgan fingerprint density at radius 3 is 1.92 bits per heavy atom. The van der Waals surface area contributed by atoms with Crippen LogP contribution in [0.25, 0.3) is 0 Å². The third kappa shape index (κ3) is 3.69. The third-order valence-electron chi connectivity index (χ3n) is 2.29. The molecule has 0 bridgehead atoms. The van der Waals surface area contributed by atoms with Crippen LogP contribution in [0.5, 0.6) is 0 Å². The highest BCUT2D eigenvalue weighted by molar-refractivity contribution is 6.46. The molecule has 0 aromatic rings. The predicted molar refractivity (Wildman–Crippen MR) is 54.7 cm³/mol. The van der Waals surface area contributed by atoms with Gasteiger partial charge in [-0.3, -0.25) is 0 Å². The summed E-state index contributed by atoms with van der Waals surface area (Å²) < 4.78 is 10.8. The van der Waals surface area contributed by atoms with Crippen LogP contribution in [0.15, 0.2) is 0 Å². The van der Waals surface area contributed by atoms with Gasteiger partial charge in [-0.1, -0.05) is 27.2 Å². The molecule has 1 atom stereocenters. The molecular formula is C9H22O2Si. The van der Waals surface area contributed by atoms with Gasteiger partial charge in [0.25, 0.3) is 0 Å². The summed E-state index contributed by atoms with van der Waals surface area (Å²) in [6, 6.07) is 0. The minimum Gasteiger partial charge on any atom is -0.400 e. The highest BCUT2D eigenvalue weighted by atomic mass is 28.3. The van der Waals surface area contributed by atoms with Gasteiger partial charge in [0.15, 0.2) is 0 Å². The molecule has 0 saturated heterocycles. The Balaban J connectivity index is 4.05. The van der Waals surface area contributed by atoms with Gasteiger partial charge in [-0.15, -0.1) is 0 Å². The number of rotatable bonds is 6. The van der Waals surface area contributed by atoms with E-state index in [0.717, 1.165) is 0 Å². The average molecular weight is 190 g/mol. The molecule has 0 aromatic heterocycles. The van der Waals surface area contributed by atoms with Gasteiger partial charge in [0, 0.05) is 19.8 Å². The molecule has 0 aliphatic rings. The molecule has 0 amide bonds. The molecule has 0 aliphatic heterocycles. The van der Waals surface area contributed by atoms with Crippen molar-refractivity contribution in [3.8, 4) is 0 Å². The van der Waals surface area contributed by atoms with Crippen LogP contribution in [0.4, 0.5) is 0 Å². The van der Waals surface area contributed by atoms with Gasteiger partial charge in [0.1, 0.15) is 0 Å². The lowest BCUT2D eigenvalue weighted by Crippen LogP contribution is -2.29.